The van der Waals surface area contributed by atoms with Gasteiger partial charge in [0.25, 0.3) is 5.56 Å². The lowest BCUT2D eigenvalue weighted by molar-refractivity contribution is 0.782. The number of para-hydroxylation sites is 1. The van der Waals surface area contributed by atoms with Gasteiger partial charge < -0.3 is 4.98 Å². The molecule has 0 radical (unpaired) electrons. The third kappa shape index (κ3) is 2.95. The minimum absolute atomic E-state index is 0.0814. The Kier molecular flexibility index (Phi) is 3.86. The van der Waals surface area contributed by atoms with Crippen LogP contribution in [0.25, 0.3) is 15.9 Å². The van der Waals surface area contributed by atoms with E-state index in [2.05, 4.69) is 15.1 Å². The van der Waals surface area contributed by atoms with Crippen LogP contribution in [-0.2, 0) is 5.75 Å². The van der Waals surface area contributed by atoms with Crippen molar-refractivity contribution in [1.82, 2.24) is 24.7 Å². The number of nitrogens with zero attached hydrogens (tertiary/aromatic N) is 4. The van der Waals surface area contributed by atoms with E-state index in [0.717, 1.165) is 17.0 Å². The van der Waals surface area contributed by atoms with Crippen molar-refractivity contribution in [2.45, 2.75) is 29.7 Å². The van der Waals surface area contributed by atoms with E-state index in [-0.39, 0.29) is 5.56 Å². The van der Waals surface area contributed by atoms with Crippen LogP contribution in [0, 0.1) is 0 Å². The fourth-order valence-electron chi connectivity index (χ4n) is 2.85. The first-order valence-corrected chi connectivity index (χ1v) is 10.3. The molecule has 8 heteroatoms. The Balaban J connectivity index is 1.42. The summed E-state index contributed by atoms with van der Waals surface area (Å²) < 4.78 is 2.61. The van der Waals surface area contributed by atoms with Crippen molar-refractivity contribution in [3.05, 3.63) is 63.8 Å². The molecular formula is C18H15N5OS2. The molecule has 130 valence electrons. The predicted octanol–water partition coefficient (Wildman–Crippen LogP) is 3.74. The van der Waals surface area contributed by atoms with Gasteiger partial charge in [-0.3, -0.25) is 4.79 Å². The van der Waals surface area contributed by atoms with Gasteiger partial charge >= 0.3 is 0 Å². The van der Waals surface area contributed by atoms with Crippen molar-refractivity contribution in [2.24, 2.45) is 0 Å². The summed E-state index contributed by atoms with van der Waals surface area (Å²) in [6, 6.07) is 12.0. The molecule has 6 nitrogen and oxygen atoms in total. The maximum absolute atomic E-state index is 12.1. The van der Waals surface area contributed by atoms with E-state index in [0.29, 0.717) is 27.4 Å². The summed E-state index contributed by atoms with van der Waals surface area (Å²) in [5.74, 6) is 2.70. The largest absolute Gasteiger partial charge is 0.309 e. The molecule has 26 heavy (non-hydrogen) atoms. The summed E-state index contributed by atoms with van der Waals surface area (Å²) in [6.45, 7) is 0. The maximum Gasteiger partial charge on any atom is 0.268 e. The Bertz CT molecular complexity index is 1130. The van der Waals surface area contributed by atoms with Gasteiger partial charge in [-0.2, -0.15) is 0 Å². The van der Waals surface area contributed by atoms with Crippen LogP contribution >= 0.6 is 23.1 Å². The van der Waals surface area contributed by atoms with Crippen molar-refractivity contribution in [1.29, 1.82) is 0 Å². The number of aromatic amines is 1. The second-order valence-electron chi connectivity index (χ2n) is 6.21. The lowest BCUT2D eigenvalue weighted by Crippen LogP contribution is -2.09. The second kappa shape index (κ2) is 6.37. The van der Waals surface area contributed by atoms with Crippen LogP contribution in [0.4, 0.5) is 0 Å². The smallest absolute Gasteiger partial charge is 0.268 e. The first kappa shape index (κ1) is 15.8. The Hall–Kier alpha value is -2.45. The van der Waals surface area contributed by atoms with E-state index in [1.54, 1.807) is 0 Å². The van der Waals surface area contributed by atoms with E-state index in [1.807, 2.05) is 46.5 Å². The molecule has 0 amide bonds. The number of rotatable bonds is 5. The van der Waals surface area contributed by atoms with Crippen LogP contribution in [0.2, 0.25) is 0 Å². The third-order valence-corrected chi connectivity index (χ3v) is 6.01. The number of hydrogen-bond donors (Lipinski definition) is 1. The van der Waals surface area contributed by atoms with Crippen LogP contribution in [-0.4, -0.2) is 24.7 Å². The van der Waals surface area contributed by atoms with Gasteiger partial charge in [-0.15, -0.1) is 16.4 Å². The Labute approximate surface area is 157 Å². The summed E-state index contributed by atoms with van der Waals surface area (Å²) in [5.41, 5.74) is 1.69. The molecular weight excluding hydrogens is 366 g/mol. The van der Waals surface area contributed by atoms with Crippen molar-refractivity contribution in [3.63, 3.8) is 0 Å². The van der Waals surface area contributed by atoms with Gasteiger partial charge in [0, 0.05) is 5.92 Å². The molecule has 1 fully saturated rings. The standard InChI is InChI=1S/C18H15N5OS2/c24-17-15-13(8-9-25-15)19-14(20-17)10-26-18-21-16(11-6-7-11)23(22-18)12-4-2-1-3-5-12/h1-5,8-9,11H,6-7,10H2,(H,19,20,24). The molecule has 1 aromatic carbocycles. The Morgan fingerprint density at radius 1 is 1.19 bits per heavy atom. The monoisotopic (exact) mass is 381 g/mol. The van der Waals surface area contributed by atoms with Crippen LogP contribution < -0.4 is 5.56 Å². The molecule has 0 unspecified atom stereocenters. The number of aromatic nitrogens is 5. The van der Waals surface area contributed by atoms with Gasteiger partial charge in [0.2, 0.25) is 5.16 Å². The number of thioether (sulfide) groups is 1. The van der Waals surface area contributed by atoms with Crippen LogP contribution in [0.3, 0.4) is 0 Å². The van der Waals surface area contributed by atoms with Crippen molar-refractivity contribution < 1.29 is 0 Å². The summed E-state index contributed by atoms with van der Waals surface area (Å²) in [7, 11) is 0. The summed E-state index contributed by atoms with van der Waals surface area (Å²) in [4.78, 5) is 24.2. The topological polar surface area (TPSA) is 76.5 Å². The molecule has 1 saturated carbocycles. The molecule has 3 heterocycles. The Morgan fingerprint density at radius 3 is 2.85 bits per heavy atom. The zero-order chi connectivity index (χ0) is 17.5. The fourth-order valence-corrected chi connectivity index (χ4v) is 4.28. The van der Waals surface area contributed by atoms with E-state index >= 15 is 0 Å². The SMILES string of the molecule is O=c1[nH]c(CSc2nc(C3CC3)n(-c3ccccc3)n2)nc2ccsc12. The number of nitrogens with one attached hydrogen (secondary N) is 1. The van der Waals surface area contributed by atoms with E-state index in [9.17, 15) is 4.79 Å². The molecule has 0 aliphatic heterocycles. The summed E-state index contributed by atoms with van der Waals surface area (Å²) >= 11 is 2.91. The van der Waals surface area contributed by atoms with Crippen molar-refractivity contribution in [3.8, 4) is 5.69 Å². The highest BCUT2D eigenvalue weighted by molar-refractivity contribution is 7.98. The highest BCUT2D eigenvalue weighted by Gasteiger charge is 2.30. The second-order valence-corrected chi connectivity index (χ2v) is 8.07. The predicted molar refractivity (Wildman–Crippen MR) is 103 cm³/mol. The van der Waals surface area contributed by atoms with Crippen LogP contribution in [0.5, 0.6) is 0 Å². The summed E-state index contributed by atoms with van der Waals surface area (Å²) in [6.07, 6.45) is 2.33. The van der Waals surface area contributed by atoms with Gasteiger partial charge in [0.1, 0.15) is 16.3 Å². The molecule has 1 aliphatic rings. The number of fused-ring (bicyclic) bond motifs is 1. The first-order valence-electron chi connectivity index (χ1n) is 8.39. The van der Waals surface area contributed by atoms with Crippen LogP contribution in [0.15, 0.2) is 51.7 Å². The third-order valence-electron chi connectivity index (χ3n) is 4.26. The molecule has 3 aromatic heterocycles. The molecule has 4 aromatic rings. The average molecular weight is 381 g/mol. The molecule has 5 rings (SSSR count). The van der Waals surface area contributed by atoms with E-state index in [1.165, 1.54) is 35.9 Å². The number of benzene rings is 1. The molecule has 0 saturated heterocycles. The van der Waals surface area contributed by atoms with Crippen molar-refractivity contribution in [2.75, 3.05) is 0 Å². The van der Waals surface area contributed by atoms with Gasteiger partial charge in [-0.05, 0) is 36.4 Å². The van der Waals surface area contributed by atoms with Gasteiger partial charge in [-0.1, -0.05) is 30.0 Å². The zero-order valence-electron chi connectivity index (χ0n) is 13.8. The molecule has 0 atom stereocenters. The van der Waals surface area contributed by atoms with Gasteiger partial charge in [0.15, 0.2) is 0 Å². The highest BCUT2D eigenvalue weighted by Crippen LogP contribution is 2.40. The number of H-pyrrole nitrogens is 1. The zero-order valence-corrected chi connectivity index (χ0v) is 15.4. The van der Waals surface area contributed by atoms with Gasteiger partial charge in [0.05, 0.1) is 17.0 Å². The normalized spacial score (nSPS) is 14.2. The van der Waals surface area contributed by atoms with Crippen LogP contribution in [0.1, 0.15) is 30.4 Å². The van der Waals surface area contributed by atoms with E-state index in [4.69, 9.17) is 4.98 Å². The molecule has 0 bridgehead atoms. The molecule has 1 N–H and O–H groups in total. The maximum atomic E-state index is 12.1. The van der Waals surface area contributed by atoms with Gasteiger partial charge in [-0.25, -0.2) is 14.6 Å². The number of hydrogen-bond acceptors (Lipinski definition) is 6. The lowest BCUT2D eigenvalue weighted by Gasteiger charge is -2.03. The fraction of sp³-hybridized carbons (Fsp3) is 0.222. The molecule has 1 aliphatic carbocycles. The highest BCUT2D eigenvalue weighted by atomic mass is 32.2. The van der Waals surface area contributed by atoms with Crippen molar-refractivity contribution >= 4 is 33.3 Å². The first-order chi connectivity index (χ1) is 12.8. The minimum Gasteiger partial charge on any atom is -0.309 e. The average Bonchev–Trinajstić information content (AvgIpc) is 3.24. The minimum atomic E-state index is -0.0814. The Morgan fingerprint density at radius 2 is 2.04 bits per heavy atom. The van der Waals surface area contributed by atoms with E-state index < -0.39 is 0 Å². The summed E-state index contributed by atoms with van der Waals surface area (Å²) in [5, 5.41) is 7.28. The lowest BCUT2D eigenvalue weighted by atomic mass is 10.3. The quantitative estimate of drug-likeness (QED) is 0.533. The molecule has 0 spiro atoms. The number of thiophene rings is 1.